The Morgan fingerprint density at radius 2 is 1.91 bits per heavy atom. The lowest BCUT2D eigenvalue weighted by Crippen LogP contribution is -2.26. The van der Waals surface area contributed by atoms with E-state index in [1.54, 1.807) is 7.11 Å². The van der Waals surface area contributed by atoms with Gasteiger partial charge in [-0.15, -0.1) is 0 Å². The molecular weight excluding hydrogens is 288 g/mol. The maximum absolute atomic E-state index is 12.6. The standard InChI is InChI=1S/C19H26N2O2/c1-5-6-7-12-20-19(22)18-17(14(2)13-21(18)3)15-8-10-16(23-4)11-9-15/h8-11,13H,5-7,12H2,1-4H3,(H,20,22). The zero-order chi connectivity index (χ0) is 16.8. The number of hydrogen-bond donors (Lipinski definition) is 1. The summed E-state index contributed by atoms with van der Waals surface area (Å²) in [6, 6.07) is 7.83. The Morgan fingerprint density at radius 3 is 2.52 bits per heavy atom. The highest BCUT2D eigenvalue weighted by atomic mass is 16.5. The van der Waals surface area contributed by atoms with Crippen LogP contribution in [0.2, 0.25) is 0 Å². The summed E-state index contributed by atoms with van der Waals surface area (Å²) in [5, 5.41) is 3.04. The van der Waals surface area contributed by atoms with Crippen LogP contribution in [0.5, 0.6) is 5.75 Å². The average molecular weight is 314 g/mol. The summed E-state index contributed by atoms with van der Waals surface area (Å²) in [4.78, 5) is 12.6. The van der Waals surface area contributed by atoms with Crippen molar-refractivity contribution in [1.29, 1.82) is 0 Å². The summed E-state index contributed by atoms with van der Waals surface area (Å²) in [6.45, 7) is 4.91. The van der Waals surface area contributed by atoms with Gasteiger partial charge >= 0.3 is 0 Å². The van der Waals surface area contributed by atoms with E-state index < -0.39 is 0 Å². The van der Waals surface area contributed by atoms with Crippen molar-refractivity contribution >= 4 is 5.91 Å². The van der Waals surface area contributed by atoms with Gasteiger partial charge in [-0.2, -0.15) is 0 Å². The number of amides is 1. The van der Waals surface area contributed by atoms with Crippen molar-refractivity contribution in [2.24, 2.45) is 7.05 Å². The minimum atomic E-state index is -0.0116. The Bertz CT molecular complexity index is 657. The number of aromatic nitrogens is 1. The number of benzene rings is 1. The third kappa shape index (κ3) is 3.95. The van der Waals surface area contributed by atoms with Crippen LogP contribution in [-0.4, -0.2) is 24.1 Å². The number of unbranched alkanes of at least 4 members (excludes halogenated alkanes) is 2. The van der Waals surface area contributed by atoms with E-state index in [1.807, 2.05) is 49.0 Å². The normalized spacial score (nSPS) is 10.6. The Hall–Kier alpha value is -2.23. The number of ether oxygens (including phenoxy) is 1. The third-order valence-corrected chi connectivity index (χ3v) is 4.03. The van der Waals surface area contributed by atoms with Crippen molar-refractivity contribution in [3.8, 4) is 16.9 Å². The molecule has 0 aliphatic carbocycles. The van der Waals surface area contributed by atoms with Gasteiger partial charge in [-0.1, -0.05) is 31.9 Å². The SMILES string of the molecule is CCCCCNC(=O)c1c(-c2ccc(OC)cc2)c(C)cn1C. The number of nitrogens with zero attached hydrogens (tertiary/aromatic N) is 1. The van der Waals surface area contributed by atoms with Gasteiger partial charge in [0, 0.05) is 25.4 Å². The van der Waals surface area contributed by atoms with E-state index in [9.17, 15) is 4.79 Å². The molecule has 4 heteroatoms. The number of carbonyl (C=O) groups is 1. The molecule has 0 spiro atoms. The molecule has 1 amide bonds. The van der Waals surface area contributed by atoms with Crippen LogP contribution in [0.4, 0.5) is 0 Å². The predicted octanol–water partition coefficient (Wildman–Crippen LogP) is 3.93. The smallest absolute Gasteiger partial charge is 0.268 e. The Labute approximate surface area is 138 Å². The molecule has 0 atom stereocenters. The summed E-state index contributed by atoms with van der Waals surface area (Å²) in [5.41, 5.74) is 3.83. The largest absolute Gasteiger partial charge is 0.497 e. The summed E-state index contributed by atoms with van der Waals surface area (Å²) < 4.78 is 7.12. The first-order chi connectivity index (χ1) is 11.1. The van der Waals surface area contributed by atoms with Crippen LogP contribution in [0.1, 0.15) is 42.2 Å². The molecule has 124 valence electrons. The number of aryl methyl sites for hydroxylation is 2. The zero-order valence-electron chi connectivity index (χ0n) is 14.5. The molecule has 23 heavy (non-hydrogen) atoms. The number of rotatable bonds is 7. The molecule has 0 radical (unpaired) electrons. The molecule has 0 unspecified atom stereocenters. The van der Waals surface area contributed by atoms with Gasteiger partial charge in [0.05, 0.1) is 7.11 Å². The quantitative estimate of drug-likeness (QED) is 0.787. The van der Waals surface area contributed by atoms with Gasteiger partial charge < -0.3 is 14.6 Å². The maximum atomic E-state index is 12.6. The van der Waals surface area contributed by atoms with Crippen molar-refractivity contribution in [2.45, 2.75) is 33.1 Å². The molecule has 4 nitrogen and oxygen atoms in total. The average Bonchev–Trinajstić information content (AvgIpc) is 2.85. The van der Waals surface area contributed by atoms with Gasteiger partial charge in [0.2, 0.25) is 0 Å². The van der Waals surface area contributed by atoms with E-state index >= 15 is 0 Å². The van der Waals surface area contributed by atoms with E-state index in [2.05, 4.69) is 12.2 Å². The molecule has 0 fully saturated rings. The monoisotopic (exact) mass is 314 g/mol. The minimum Gasteiger partial charge on any atom is -0.497 e. The van der Waals surface area contributed by atoms with Gasteiger partial charge in [-0.3, -0.25) is 4.79 Å². The van der Waals surface area contributed by atoms with E-state index in [1.165, 1.54) is 0 Å². The molecule has 0 saturated carbocycles. The first-order valence-electron chi connectivity index (χ1n) is 8.17. The fraction of sp³-hybridized carbons (Fsp3) is 0.421. The highest BCUT2D eigenvalue weighted by Gasteiger charge is 2.19. The minimum absolute atomic E-state index is 0.0116. The Balaban J connectivity index is 2.27. The molecule has 1 heterocycles. The summed E-state index contributed by atoms with van der Waals surface area (Å²) in [6.07, 6.45) is 5.30. The highest BCUT2D eigenvalue weighted by Crippen LogP contribution is 2.30. The van der Waals surface area contributed by atoms with Crippen LogP contribution in [0.3, 0.4) is 0 Å². The second kappa shape index (κ2) is 7.86. The third-order valence-electron chi connectivity index (χ3n) is 4.03. The molecule has 2 aromatic rings. The first-order valence-corrected chi connectivity index (χ1v) is 8.17. The summed E-state index contributed by atoms with van der Waals surface area (Å²) in [5.74, 6) is 0.801. The molecule has 0 bridgehead atoms. The first kappa shape index (κ1) is 17.1. The lowest BCUT2D eigenvalue weighted by atomic mass is 10.0. The fourth-order valence-electron chi connectivity index (χ4n) is 2.84. The molecule has 0 aliphatic rings. The molecule has 1 N–H and O–H groups in total. The number of nitrogens with one attached hydrogen (secondary N) is 1. The Kier molecular flexibility index (Phi) is 5.85. The van der Waals surface area contributed by atoms with E-state index in [4.69, 9.17) is 4.74 Å². The van der Waals surface area contributed by atoms with Crippen LogP contribution in [0.25, 0.3) is 11.1 Å². The van der Waals surface area contributed by atoms with Crippen molar-refractivity contribution in [1.82, 2.24) is 9.88 Å². The van der Waals surface area contributed by atoms with Crippen LogP contribution in [0.15, 0.2) is 30.5 Å². The molecule has 0 saturated heterocycles. The topological polar surface area (TPSA) is 43.3 Å². The van der Waals surface area contributed by atoms with Crippen LogP contribution in [-0.2, 0) is 7.05 Å². The van der Waals surface area contributed by atoms with Gasteiger partial charge in [-0.05, 0) is 36.6 Å². The van der Waals surface area contributed by atoms with Crippen LogP contribution < -0.4 is 10.1 Å². The van der Waals surface area contributed by atoms with Gasteiger partial charge in [0.25, 0.3) is 5.91 Å². The lowest BCUT2D eigenvalue weighted by molar-refractivity contribution is 0.0945. The van der Waals surface area contributed by atoms with Crippen molar-refractivity contribution < 1.29 is 9.53 Å². The number of hydrogen-bond acceptors (Lipinski definition) is 2. The molecule has 1 aromatic heterocycles. The highest BCUT2D eigenvalue weighted by molar-refractivity contribution is 6.00. The van der Waals surface area contributed by atoms with Crippen LogP contribution in [0, 0.1) is 6.92 Å². The molecule has 0 aliphatic heterocycles. The summed E-state index contributed by atoms with van der Waals surface area (Å²) in [7, 11) is 3.57. The molecule has 2 rings (SSSR count). The number of methoxy groups -OCH3 is 1. The lowest BCUT2D eigenvalue weighted by Gasteiger charge is -2.10. The summed E-state index contributed by atoms with van der Waals surface area (Å²) >= 11 is 0. The van der Waals surface area contributed by atoms with Crippen molar-refractivity contribution in [3.63, 3.8) is 0 Å². The molecule has 1 aromatic carbocycles. The van der Waals surface area contributed by atoms with Crippen molar-refractivity contribution in [3.05, 3.63) is 41.7 Å². The predicted molar refractivity (Wildman–Crippen MR) is 94.0 cm³/mol. The van der Waals surface area contributed by atoms with Gasteiger partial charge in [0.15, 0.2) is 0 Å². The van der Waals surface area contributed by atoms with Crippen LogP contribution >= 0.6 is 0 Å². The second-order valence-corrected chi connectivity index (χ2v) is 5.84. The van der Waals surface area contributed by atoms with E-state index in [-0.39, 0.29) is 5.91 Å². The van der Waals surface area contributed by atoms with E-state index in [0.29, 0.717) is 5.69 Å². The Morgan fingerprint density at radius 1 is 1.22 bits per heavy atom. The number of carbonyl (C=O) groups excluding carboxylic acids is 1. The van der Waals surface area contributed by atoms with Gasteiger partial charge in [-0.25, -0.2) is 0 Å². The van der Waals surface area contributed by atoms with Gasteiger partial charge in [0.1, 0.15) is 11.4 Å². The molecular formula is C19H26N2O2. The van der Waals surface area contributed by atoms with Crippen molar-refractivity contribution in [2.75, 3.05) is 13.7 Å². The van der Waals surface area contributed by atoms with E-state index in [0.717, 1.165) is 48.2 Å². The second-order valence-electron chi connectivity index (χ2n) is 5.84. The fourth-order valence-corrected chi connectivity index (χ4v) is 2.84. The maximum Gasteiger partial charge on any atom is 0.268 e. The zero-order valence-corrected chi connectivity index (χ0v) is 14.5.